The number of hydrogen-bond donors (Lipinski definition) is 3. The van der Waals surface area contributed by atoms with E-state index in [0.717, 1.165) is 6.07 Å². The highest BCUT2D eigenvalue weighted by molar-refractivity contribution is 5.91. The van der Waals surface area contributed by atoms with Crippen LogP contribution in [-0.2, 0) is 4.74 Å². The van der Waals surface area contributed by atoms with E-state index in [1.54, 1.807) is 20.8 Å². The average Bonchev–Trinajstić information content (AvgIpc) is 2.43. The third-order valence-corrected chi connectivity index (χ3v) is 2.99. The Kier molecular flexibility index (Phi) is 4.82. The third-order valence-electron chi connectivity index (χ3n) is 2.99. The largest absolute Gasteiger partial charge is 0.444 e. The van der Waals surface area contributed by atoms with Crippen molar-refractivity contribution in [2.75, 3.05) is 11.9 Å². The second-order valence-corrected chi connectivity index (χ2v) is 6.11. The molecule has 7 heteroatoms. The molecule has 1 unspecified atom stereocenters. The van der Waals surface area contributed by atoms with Gasteiger partial charge >= 0.3 is 6.09 Å². The van der Waals surface area contributed by atoms with Crippen molar-refractivity contribution in [3.05, 3.63) is 35.8 Å². The smallest absolute Gasteiger partial charge is 0.413 e. The fourth-order valence-electron chi connectivity index (χ4n) is 2.10. The Hall–Kier alpha value is -2.25. The molecular formula is C16H19FN2O4. The molecule has 1 aromatic carbocycles. The number of aliphatic hydroxyl groups is 2. The predicted molar refractivity (Wildman–Crippen MR) is 83.6 cm³/mol. The van der Waals surface area contributed by atoms with Gasteiger partial charge in [0.05, 0.1) is 6.61 Å². The van der Waals surface area contributed by atoms with Crippen LogP contribution in [0.5, 0.6) is 0 Å². The number of fused-ring (bicyclic) bond motifs is 1. The van der Waals surface area contributed by atoms with Gasteiger partial charge < -0.3 is 14.9 Å². The molecule has 0 bridgehead atoms. The minimum Gasteiger partial charge on any atom is -0.444 e. The van der Waals surface area contributed by atoms with Crippen molar-refractivity contribution < 1.29 is 24.1 Å². The highest BCUT2D eigenvalue weighted by Gasteiger charge is 2.17. The summed E-state index contributed by atoms with van der Waals surface area (Å²) in [7, 11) is 0. The van der Waals surface area contributed by atoms with E-state index in [1.807, 2.05) is 0 Å². The van der Waals surface area contributed by atoms with Gasteiger partial charge in [0.1, 0.15) is 23.3 Å². The fourth-order valence-corrected chi connectivity index (χ4v) is 2.10. The van der Waals surface area contributed by atoms with Crippen molar-refractivity contribution in [1.29, 1.82) is 0 Å². The van der Waals surface area contributed by atoms with Gasteiger partial charge in [0, 0.05) is 11.6 Å². The van der Waals surface area contributed by atoms with Crippen molar-refractivity contribution >= 4 is 22.7 Å². The zero-order valence-electron chi connectivity index (χ0n) is 13.1. The maximum atomic E-state index is 13.7. The quantitative estimate of drug-likeness (QED) is 0.808. The summed E-state index contributed by atoms with van der Waals surface area (Å²) in [6.45, 7) is 4.67. The first-order valence-electron chi connectivity index (χ1n) is 7.08. The Morgan fingerprint density at radius 2 is 2.09 bits per heavy atom. The molecule has 0 aliphatic heterocycles. The lowest BCUT2D eigenvalue weighted by molar-refractivity contribution is 0.0635. The Morgan fingerprint density at radius 1 is 1.39 bits per heavy atom. The number of carbonyl (C=O) groups is 1. The number of pyridine rings is 1. The van der Waals surface area contributed by atoms with Gasteiger partial charge in [-0.2, -0.15) is 0 Å². The predicted octanol–water partition coefficient (Wildman–Crippen LogP) is 2.75. The molecule has 6 nitrogen and oxygen atoms in total. The monoisotopic (exact) mass is 322 g/mol. The lowest BCUT2D eigenvalue weighted by Gasteiger charge is -2.19. The van der Waals surface area contributed by atoms with E-state index >= 15 is 0 Å². The molecule has 1 atom stereocenters. The first kappa shape index (κ1) is 17.1. The topological polar surface area (TPSA) is 91.7 Å². The Balaban J connectivity index is 2.34. The van der Waals surface area contributed by atoms with Gasteiger partial charge in [-0.15, -0.1) is 0 Å². The number of anilines is 1. The van der Waals surface area contributed by atoms with Crippen LogP contribution in [0.2, 0.25) is 0 Å². The van der Waals surface area contributed by atoms with Gasteiger partial charge in [-0.05, 0) is 49.9 Å². The number of halogens is 1. The van der Waals surface area contributed by atoms with E-state index in [-0.39, 0.29) is 11.4 Å². The van der Waals surface area contributed by atoms with Crippen LogP contribution in [-0.4, -0.2) is 33.5 Å². The Bertz CT molecular complexity index is 728. The van der Waals surface area contributed by atoms with Crippen molar-refractivity contribution in [2.45, 2.75) is 32.5 Å². The minimum atomic E-state index is -1.21. The zero-order chi connectivity index (χ0) is 17.2. The van der Waals surface area contributed by atoms with Crippen LogP contribution in [0, 0.1) is 5.82 Å². The summed E-state index contributed by atoms with van der Waals surface area (Å²) < 4.78 is 18.8. The van der Waals surface area contributed by atoms with E-state index in [4.69, 9.17) is 9.84 Å². The van der Waals surface area contributed by atoms with E-state index in [0.29, 0.717) is 10.8 Å². The Morgan fingerprint density at radius 3 is 2.70 bits per heavy atom. The molecule has 0 aliphatic rings. The van der Waals surface area contributed by atoms with Crippen molar-refractivity contribution in [2.24, 2.45) is 0 Å². The summed E-state index contributed by atoms with van der Waals surface area (Å²) in [4.78, 5) is 15.8. The van der Waals surface area contributed by atoms with E-state index in [9.17, 15) is 14.3 Å². The summed E-state index contributed by atoms with van der Waals surface area (Å²) >= 11 is 0. The molecule has 3 N–H and O–H groups in total. The summed E-state index contributed by atoms with van der Waals surface area (Å²) in [5, 5.41) is 22.2. The molecule has 1 heterocycles. The third kappa shape index (κ3) is 4.37. The van der Waals surface area contributed by atoms with Crippen molar-refractivity contribution in [1.82, 2.24) is 4.98 Å². The van der Waals surface area contributed by atoms with Crippen LogP contribution >= 0.6 is 0 Å². The number of rotatable bonds is 3. The van der Waals surface area contributed by atoms with Crippen LogP contribution in [0.4, 0.5) is 15.0 Å². The highest BCUT2D eigenvalue weighted by atomic mass is 19.1. The molecule has 0 spiro atoms. The van der Waals surface area contributed by atoms with Gasteiger partial charge in [-0.1, -0.05) is 0 Å². The van der Waals surface area contributed by atoms with Gasteiger partial charge in [0.15, 0.2) is 0 Å². The number of amides is 1. The molecule has 124 valence electrons. The molecule has 1 aromatic heterocycles. The number of nitrogens with one attached hydrogen (secondary N) is 1. The van der Waals surface area contributed by atoms with Crippen LogP contribution in [0.1, 0.15) is 32.4 Å². The van der Waals surface area contributed by atoms with Crippen LogP contribution in [0.25, 0.3) is 10.8 Å². The van der Waals surface area contributed by atoms with Gasteiger partial charge in [0.2, 0.25) is 0 Å². The van der Waals surface area contributed by atoms with E-state index in [1.165, 1.54) is 18.3 Å². The molecule has 1 amide bonds. The number of benzene rings is 1. The van der Waals surface area contributed by atoms with Crippen molar-refractivity contribution in [3.63, 3.8) is 0 Å². The molecule has 0 aliphatic carbocycles. The molecule has 23 heavy (non-hydrogen) atoms. The van der Waals surface area contributed by atoms with Crippen LogP contribution in [0.3, 0.4) is 0 Å². The van der Waals surface area contributed by atoms with Gasteiger partial charge in [-0.25, -0.2) is 14.2 Å². The van der Waals surface area contributed by atoms with Gasteiger partial charge in [0.25, 0.3) is 0 Å². The number of carbonyl (C=O) groups excluding carboxylic acids is 1. The van der Waals surface area contributed by atoms with Gasteiger partial charge in [-0.3, -0.25) is 5.32 Å². The average molecular weight is 322 g/mol. The van der Waals surface area contributed by atoms with Crippen LogP contribution < -0.4 is 5.32 Å². The lowest BCUT2D eigenvalue weighted by Crippen LogP contribution is -2.27. The first-order valence-corrected chi connectivity index (χ1v) is 7.08. The number of hydrogen-bond acceptors (Lipinski definition) is 5. The standard InChI is InChI=1S/C16H19FN2O4/c1-16(2,3)23-15(22)19-14-5-9-4-10(17)6-11(13(21)8-20)12(9)7-18-14/h4-7,13,20-21H,8H2,1-3H3,(H,18,19,22). The molecule has 2 rings (SSSR count). The van der Waals surface area contributed by atoms with E-state index in [2.05, 4.69) is 10.3 Å². The second kappa shape index (κ2) is 6.47. The second-order valence-electron chi connectivity index (χ2n) is 6.11. The molecule has 2 aromatic rings. The van der Waals surface area contributed by atoms with Crippen molar-refractivity contribution in [3.8, 4) is 0 Å². The number of aliphatic hydroxyl groups excluding tert-OH is 2. The lowest BCUT2D eigenvalue weighted by atomic mass is 10.0. The van der Waals surface area contributed by atoms with Crippen LogP contribution in [0.15, 0.2) is 24.4 Å². The minimum absolute atomic E-state index is 0.196. The molecular weight excluding hydrogens is 303 g/mol. The maximum Gasteiger partial charge on any atom is 0.413 e. The SMILES string of the molecule is CC(C)(C)OC(=O)Nc1cc2cc(F)cc(C(O)CO)c2cn1. The highest BCUT2D eigenvalue weighted by Crippen LogP contribution is 2.27. The summed E-state index contributed by atoms with van der Waals surface area (Å²) in [5.74, 6) is -0.365. The summed E-state index contributed by atoms with van der Waals surface area (Å²) in [5.41, 5.74) is -0.412. The molecule has 0 saturated heterocycles. The maximum absolute atomic E-state index is 13.7. The molecule has 0 fully saturated rings. The van der Waals surface area contributed by atoms with E-state index < -0.39 is 30.2 Å². The first-order chi connectivity index (χ1) is 10.7. The summed E-state index contributed by atoms with van der Waals surface area (Å²) in [6, 6.07) is 3.87. The molecule has 0 saturated carbocycles. The number of aromatic nitrogens is 1. The Labute approximate surface area is 132 Å². The normalized spacial score (nSPS) is 13.0. The fraction of sp³-hybridized carbons (Fsp3) is 0.375. The number of nitrogens with zero attached hydrogens (tertiary/aromatic N) is 1. The number of ether oxygens (including phenoxy) is 1. The zero-order valence-corrected chi connectivity index (χ0v) is 13.1. The summed E-state index contributed by atoms with van der Waals surface area (Å²) in [6.07, 6.45) is -0.480. The molecule has 0 radical (unpaired) electrons.